The second-order valence-electron chi connectivity index (χ2n) is 4.86. The number of pyridine rings is 1. The molecule has 0 unspecified atom stereocenters. The first kappa shape index (κ1) is 17.1. The molecule has 5 nitrogen and oxygen atoms in total. The van der Waals surface area contributed by atoms with Gasteiger partial charge in [-0.15, -0.1) is 17.8 Å². The Bertz CT molecular complexity index is 797. The van der Waals surface area contributed by atoms with Crippen LogP contribution in [0.5, 0.6) is 5.75 Å². The number of hydrogen-bond acceptors (Lipinski definition) is 5. The lowest BCUT2D eigenvalue weighted by Gasteiger charge is -2.14. The van der Waals surface area contributed by atoms with Gasteiger partial charge >= 0.3 is 5.97 Å². The molecule has 0 spiro atoms. The molecule has 0 fully saturated rings. The Kier molecular flexibility index (Phi) is 5.83. The van der Waals surface area contributed by atoms with Crippen molar-refractivity contribution in [1.82, 2.24) is 4.57 Å². The van der Waals surface area contributed by atoms with Crippen molar-refractivity contribution in [3.05, 3.63) is 27.4 Å². The standard InChI is InChI=1S/C17H19NO4S/c1-4-7-10-22-14-13(17(20)21-6-3)15-12(8-11-23-15)18(9-5-2)16(14)19/h2,8,11H,4,6-7,9-10H2,1,3H3. The molecule has 0 aromatic carbocycles. The predicted molar refractivity (Wildman–Crippen MR) is 91.3 cm³/mol. The van der Waals surface area contributed by atoms with E-state index in [0.29, 0.717) is 16.8 Å². The Morgan fingerprint density at radius 1 is 1.43 bits per heavy atom. The van der Waals surface area contributed by atoms with E-state index in [0.717, 1.165) is 12.8 Å². The van der Waals surface area contributed by atoms with E-state index < -0.39 is 11.5 Å². The maximum atomic E-state index is 12.7. The number of rotatable bonds is 7. The molecule has 0 amide bonds. The first-order valence-electron chi connectivity index (χ1n) is 7.53. The van der Waals surface area contributed by atoms with Crippen LogP contribution in [0.2, 0.25) is 0 Å². The van der Waals surface area contributed by atoms with Gasteiger partial charge in [0.25, 0.3) is 5.56 Å². The molecule has 2 heterocycles. The summed E-state index contributed by atoms with van der Waals surface area (Å²) in [5.74, 6) is 1.96. The third kappa shape index (κ3) is 3.40. The number of carbonyl (C=O) groups is 1. The summed E-state index contributed by atoms with van der Waals surface area (Å²) in [7, 11) is 0. The van der Waals surface area contributed by atoms with Crippen LogP contribution in [0.25, 0.3) is 10.2 Å². The summed E-state index contributed by atoms with van der Waals surface area (Å²) in [5.41, 5.74) is 0.433. The molecule has 2 rings (SSSR count). The molecule has 0 bridgehead atoms. The number of ether oxygens (including phenoxy) is 2. The van der Waals surface area contributed by atoms with E-state index in [1.165, 1.54) is 15.9 Å². The third-order valence-corrected chi connectivity index (χ3v) is 4.22. The van der Waals surface area contributed by atoms with Crippen LogP contribution in [-0.2, 0) is 11.3 Å². The normalized spacial score (nSPS) is 10.5. The molecule has 0 aliphatic rings. The Morgan fingerprint density at radius 3 is 2.87 bits per heavy atom. The van der Waals surface area contributed by atoms with Crippen molar-refractivity contribution in [2.24, 2.45) is 0 Å². The van der Waals surface area contributed by atoms with Crippen molar-refractivity contribution >= 4 is 27.5 Å². The molecule has 0 aliphatic carbocycles. The van der Waals surface area contributed by atoms with Crippen LogP contribution < -0.4 is 10.3 Å². The smallest absolute Gasteiger partial charge is 0.343 e. The van der Waals surface area contributed by atoms with Gasteiger partial charge in [-0.05, 0) is 24.8 Å². The van der Waals surface area contributed by atoms with Gasteiger partial charge in [0.1, 0.15) is 5.56 Å². The van der Waals surface area contributed by atoms with E-state index in [4.69, 9.17) is 15.9 Å². The molecule has 6 heteroatoms. The van der Waals surface area contributed by atoms with E-state index in [2.05, 4.69) is 5.92 Å². The highest BCUT2D eigenvalue weighted by molar-refractivity contribution is 7.17. The minimum Gasteiger partial charge on any atom is -0.487 e. The number of aromatic nitrogens is 1. The Hall–Kier alpha value is -2.26. The monoisotopic (exact) mass is 333 g/mol. The molecule has 23 heavy (non-hydrogen) atoms. The number of hydrogen-bond donors (Lipinski definition) is 0. The number of fused-ring (bicyclic) bond motifs is 1. The van der Waals surface area contributed by atoms with Crippen molar-refractivity contribution in [2.45, 2.75) is 33.2 Å². The van der Waals surface area contributed by atoms with E-state index in [9.17, 15) is 9.59 Å². The maximum Gasteiger partial charge on any atom is 0.343 e. The van der Waals surface area contributed by atoms with Crippen LogP contribution in [0.15, 0.2) is 16.2 Å². The average molecular weight is 333 g/mol. The fourth-order valence-corrected chi connectivity index (χ4v) is 3.16. The number of esters is 1. The highest BCUT2D eigenvalue weighted by Gasteiger charge is 2.25. The van der Waals surface area contributed by atoms with Crippen molar-refractivity contribution in [3.63, 3.8) is 0 Å². The van der Waals surface area contributed by atoms with Crippen molar-refractivity contribution in [1.29, 1.82) is 0 Å². The summed E-state index contributed by atoms with van der Waals surface area (Å²) in [6.07, 6.45) is 7.08. The van der Waals surface area contributed by atoms with Crippen molar-refractivity contribution < 1.29 is 14.3 Å². The summed E-state index contributed by atoms with van der Waals surface area (Å²) in [6, 6.07) is 1.78. The highest BCUT2D eigenvalue weighted by Crippen LogP contribution is 2.30. The molecule has 0 saturated carbocycles. The van der Waals surface area contributed by atoms with Crippen LogP contribution in [-0.4, -0.2) is 23.8 Å². The quantitative estimate of drug-likeness (QED) is 0.444. The zero-order chi connectivity index (χ0) is 16.8. The first-order chi connectivity index (χ1) is 11.2. The van der Waals surface area contributed by atoms with Crippen LogP contribution in [0.1, 0.15) is 37.0 Å². The molecule has 0 radical (unpaired) electrons. The minimum absolute atomic E-state index is 0.0297. The first-order valence-corrected chi connectivity index (χ1v) is 8.41. The highest BCUT2D eigenvalue weighted by atomic mass is 32.1. The van der Waals surface area contributed by atoms with Crippen LogP contribution in [0.4, 0.5) is 0 Å². The molecule has 0 saturated heterocycles. The van der Waals surface area contributed by atoms with E-state index in [-0.39, 0.29) is 24.5 Å². The topological polar surface area (TPSA) is 57.5 Å². The van der Waals surface area contributed by atoms with Gasteiger partial charge in [-0.2, -0.15) is 0 Å². The van der Waals surface area contributed by atoms with Crippen molar-refractivity contribution in [3.8, 4) is 18.1 Å². The lowest BCUT2D eigenvalue weighted by atomic mass is 10.2. The number of carbonyl (C=O) groups excluding carboxylic acids is 1. The minimum atomic E-state index is -0.545. The Morgan fingerprint density at radius 2 is 2.22 bits per heavy atom. The summed E-state index contributed by atoms with van der Waals surface area (Å²) < 4.78 is 12.9. The van der Waals surface area contributed by atoms with Gasteiger partial charge in [-0.3, -0.25) is 9.36 Å². The molecule has 2 aromatic rings. The molecule has 0 aliphatic heterocycles. The zero-order valence-corrected chi connectivity index (χ0v) is 14.1. The number of terminal acetylenes is 1. The van der Waals surface area contributed by atoms with Gasteiger partial charge in [0.05, 0.1) is 30.0 Å². The fraction of sp³-hybridized carbons (Fsp3) is 0.412. The third-order valence-electron chi connectivity index (χ3n) is 3.30. The van der Waals surface area contributed by atoms with Gasteiger partial charge in [0, 0.05) is 0 Å². The van der Waals surface area contributed by atoms with Gasteiger partial charge in [0.15, 0.2) is 0 Å². The summed E-state index contributed by atoms with van der Waals surface area (Å²) in [5, 5.41) is 1.82. The van der Waals surface area contributed by atoms with Gasteiger partial charge in [-0.25, -0.2) is 4.79 Å². The largest absolute Gasteiger partial charge is 0.487 e. The van der Waals surface area contributed by atoms with Crippen molar-refractivity contribution in [2.75, 3.05) is 13.2 Å². The molecule has 0 N–H and O–H groups in total. The van der Waals surface area contributed by atoms with Crippen LogP contribution >= 0.6 is 11.3 Å². The summed E-state index contributed by atoms with van der Waals surface area (Å²) in [4.78, 5) is 25.1. The second-order valence-corrected chi connectivity index (χ2v) is 5.77. The number of thiophene rings is 1. The maximum absolute atomic E-state index is 12.7. The fourth-order valence-electron chi connectivity index (χ4n) is 2.23. The molecule has 0 atom stereocenters. The Balaban J connectivity index is 2.68. The summed E-state index contributed by atoms with van der Waals surface area (Å²) in [6.45, 7) is 4.47. The number of nitrogens with zero attached hydrogens (tertiary/aromatic N) is 1. The van der Waals surface area contributed by atoms with Crippen LogP contribution in [0.3, 0.4) is 0 Å². The number of unbranched alkanes of at least 4 members (excludes halogenated alkanes) is 1. The molecular formula is C17H19NO4S. The van der Waals surface area contributed by atoms with Gasteiger partial charge < -0.3 is 9.47 Å². The second kappa shape index (κ2) is 7.84. The average Bonchev–Trinajstić information content (AvgIpc) is 3.00. The molecule has 2 aromatic heterocycles. The lowest BCUT2D eigenvalue weighted by Crippen LogP contribution is -2.25. The Labute approximate surface area is 138 Å². The van der Waals surface area contributed by atoms with Gasteiger partial charge in [0.2, 0.25) is 5.75 Å². The molecule has 122 valence electrons. The predicted octanol–water partition coefficient (Wildman–Crippen LogP) is 3.05. The van der Waals surface area contributed by atoms with E-state index >= 15 is 0 Å². The van der Waals surface area contributed by atoms with E-state index in [1.807, 2.05) is 12.3 Å². The summed E-state index contributed by atoms with van der Waals surface area (Å²) >= 11 is 1.36. The SMILES string of the molecule is C#CCn1c(=O)c(OCCCC)c(C(=O)OCC)c2sccc21. The van der Waals surface area contributed by atoms with Gasteiger partial charge in [-0.1, -0.05) is 19.3 Å². The van der Waals surface area contributed by atoms with Crippen LogP contribution in [0, 0.1) is 12.3 Å². The van der Waals surface area contributed by atoms with E-state index in [1.54, 1.807) is 13.0 Å². The zero-order valence-electron chi connectivity index (χ0n) is 13.3. The molecular weight excluding hydrogens is 314 g/mol. The lowest BCUT2D eigenvalue weighted by molar-refractivity contribution is 0.0524.